The largest absolute Gasteiger partial charge is 0.496 e. The van der Waals surface area contributed by atoms with E-state index in [1.165, 1.54) is 30.4 Å². The zero-order valence-corrected chi connectivity index (χ0v) is 10.3. The Bertz CT molecular complexity index is 300. The van der Waals surface area contributed by atoms with Crippen molar-refractivity contribution in [1.82, 2.24) is 0 Å². The maximum absolute atomic E-state index is 5.23. The Hall–Kier alpha value is -0.980. The van der Waals surface area contributed by atoms with Gasteiger partial charge in [0.1, 0.15) is 5.75 Å². The summed E-state index contributed by atoms with van der Waals surface area (Å²) in [6, 6.07) is 6.56. The van der Waals surface area contributed by atoms with Crippen LogP contribution < -0.4 is 4.74 Å². The molecule has 1 aromatic rings. The van der Waals surface area contributed by atoms with Gasteiger partial charge in [0.05, 0.1) is 7.11 Å². The third-order valence-corrected chi connectivity index (χ3v) is 3.00. The lowest BCUT2D eigenvalue weighted by molar-refractivity contribution is 0.406. The van der Waals surface area contributed by atoms with E-state index in [0.717, 1.165) is 11.7 Å². The molecule has 1 aliphatic rings. The summed E-state index contributed by atoms with van der Waals surface area (Å²) in [6.45, 7) is 6.11. The van der Waals surface area contributed by atoms with E-state index in [1.807, 2.05) is 13.8 Å². The Labute approximate surface area is 93.5 Å². The molecule has 0 heterocycles. The van der Waals surface area contributed by atoms with Gasteiger partial charge in [0.25, 0.3) is 0 Å². The topological polar surface area (TPSA) is 9.23 Å². The van der Waals surface area contributed by atoms with Crippen LogP contribution in [0.2, 0.25) is 0 Å². The minimum absolute atomic E-state index is 0.824. The van der Waals surface area contributed by atoms with Gasteiger partial charge in [-0.1, -0.05) is 32.4 Å². The number of rotatable bonds is 2. The van der Waals surface area contributed by atoms with Crippen molar-refractivity contribution in [3.8, 4) is 5.75 Å². The predicted molar refractivity (Wildman–Crippen MR) is 65.7 cm³/mol. The maximum Gasteiger partial charge on any atom is 0.121 e. The van der Waals surface area contributed by atoms with Crippen LogP contribution in [0, 0.1) is 6.92 Å². The van der Waals surface area contributed by atoms with Crippen molar-refractivity contribution in [2.75, 3.05) is 7.11 Å². The van der Waals surface area contributed by atoms with Crippen molar-refractivity contribution in [3.63, 3.8) is 0 Å². The summed E-state index contributed by atoms with van der Waals surface area (Å²) >= 11 is 0. The summed E-state index contributed by atoms with van der Waals surface area (Å²) in [4.78, 5) is 0. The van der Waals surface area contributed by atoms with Gasteiger partial charge in [0, 0.05) is 0 Å². The Balaban J connectivity index is 0.000000531. The quantitative estimate of drug-likeness (QED) is 0.701. The van der Waals surface area contributed by atoms with Crippen LogP contribution in [-0.2, 0) is 0 Å². The number of methoxy groups -OCH3 is 1. The van der Waals surface area contributed by atoms with Gasteiger partial charge < -0.3 is 4.74 Å². The van der Waals surface area contributed by atoms with Crippen molar-refractivity contribution >= 4 is 0 Å². The number of benzene rings is 1. The number of aryl methyl sites for hydroxylation is 1. The highest BCUT2D eigenvalue weighted by molar-refractivity contribution is 5.38. The second kappa shape index (κ2) is 5.79. The molecule has 0 amide bonds. The molecule has 1 aliphatic carbocycles. The highest BCUT2D eigenvalue weighted by Crippen LogP contribution is 2.37. The SMILES string of the molecule is CC.COc1ccc(C2CCC2)cc1C. The van der Waals surface area contributed by atoms with E-state index >= 15 is 0 Å². The first-order valence-electron chi connectivity index (χ1n) is 5.96. The van der Waals surface area contributed by atoms with Crippen LogP contribution >= 0.6 is 0 Å². The summed E-state index contributed by atoms with van der Waals surface area (Å²) in [7, 11) is 1.73. The van der Waals surface area contributed by atoms with E-state index in [1.54, 1.807) is 7.11 Å². The molecular weight excluding hydrogens is 184 g/mol. The predicted octanol–water partition coefficient (Wildman–Crippen LogP) is 4.30. The van der Waals surface area contributed by atoms with Gasteiger partial charge in [-0.15, -0.1) is 0 Å². The summed E-state index contributed by atoms with van der Waals surface area (Å²) in [5.41, 5.74) is 2.75. The van der Waals surface area contributed by atoms with E-state index in [4.69, 9.17) is 4.74 Å². The summed E-state index contributed by atoms with van der Waals surface area (Å²) < 4.78 is 5.23. The molecule has 1 nitrogen and oxygen atoms in total. The van der Waals surface area contributed by atoms with Crippen LogP contribution in [0.4, 0.5) is 0 Å². The zero-order chi connectivity index (χ0) is 11.3. The molecule has 0 aromatic heterocycles. The highest BCUT2D eigenvalue weighted by Gasteiger charge is 2.19. The fourth-order valence-corrected chi connectivity index (χ4v) is 1.90. The van der Waals surface area contributed by atoms with Crippen molar-refractivity contribution in [2.24, 2.45) is 0 Å². The first-order chi connectivity index (χ1) is 7.31. The van der Waals surface area contributed by atoms with Gasteiger partial charge >= 0.3 is 0 Å². The van der Waals surface area contributed by atoms with E-state index in [-0.39, 0.29) is 0 Å². The Morgan fingerprint density at radius 1 is 1.20 bits per heavy atom. The second-order valence-electron chi connectivity index (χ2n) is 3.86. The van der Waals surface area contributed by atoms with Gasteiger partial charge in [-0.2, -0.15) is 0 Å². The minimum atomic E-state index is 0.824. The van der Waals surface area contributed by atoms with Crippen LogP contribution in [-0.4, -0.2) is 7.11 Å². The van der Waals surface area contributed by atoms with E-state index < -0.39 is 0 Å². The van der Waals surface area contributed by atoms with E-state index in [0.29, 0.717) is 0 Å². The van der Waals surface area contributed by atoms with Crippen LogP contribution in [0.1, 0.15) is 50.2 Å². The molecule has 0 bridgehead atoms. The molecule has 0 unspecified atom stereocenters. The summed E-state index contributed by atoms with van der Waals surface area (Å²) in [6.07, 6.45) is 4.13. The zero-order valence-electron chi connectivity index (χ0n) is 10.3. The fourth-order valence-electron chi connectivity index (χ4n) is 1.90. The Kier molecular flexibility index (Phi) is 4.67. The van der Waals surface area contributed by atoms with Crippen molar-refractivity contribution in [2.45, 2.75) is 46.0 Å². The first kappa shape index (κ1) is 12.1. The molecule has 1 heteroatoms. The normalized spacial score (nSPS) is 14.9. The van der Waals surface area contributed by atoms with Crippen LogP contribution in [0.5, 0.6) is 5.75 Å². The molecule has 1 saturated carbocycles. The van der Waals surface area contributed by atoms with Crippen molar-refractivity contribution in [1.29, 1.82) is 0 Å². The molecule has 1 fully saturated rings. The molecule has 0 radical (unpaired) electrons. The lowest BCUT2D eigenvalue weighted by Crippen LogP contribution is -2.08. The van der Waals surface area contributed by atoms with Crippen molar-refractivity contribution in [3.05, 3.63) is 29.3 Å². The van der Waals surface area contributed by atoms with E-state index in [9.17, 15) is 0 Å². The summed E-state index contributed by atoms with van der Waals surface area (Å²) in [5.74, 6) is 1.83. The lowest BCUT2D eigenvalue weighted by Gasteiger charge is -2.26. The molecule has 84 valence electrons. The molecule has 0 saturated heterocycles. The maximum atomic E-state index is 5.23. The van der Waals surface area contributed by atoms with Gasteiger partial charge in [-0.25, -0.2) is 0 Å². The molecule has 15 heavy (non-hydrogen) atoms. The van der Waals surface area contributed by atoms with Crippen LogP contribution in [0.3, 0.4) is 0 Å². The minimum Gasteiger partial charge on any atom is -0.496 e. The average molecular weight is 206 g/mol. The van der Waals surface area contributed by atoms with Gasteiger partial charge in [-0.3, -0.25) is 0 Å². The van der Waals surface area contributed by atoms with Crippen LogP contribution in [0.25, 0.3) is 0 Å². The molecule has 0 atom stereocenters. The monoisotopic (exact) mass is 206 g/mol. The third kappa shape index (κ3) is 2.74. The van der Waals surface area contributed by atoms with Gasteiger partial charge in [0.15, 0.2) is 0 Å². The Morgan fingerprint density at radius 2 is 1.87 bits per heavy atom. The second-order valence-corrected chi connectivity index (χ2v) is 3.86. The molecule has 2 rings (SSSR count). The number of ether oxygens (including phenoxy) is 1. The van der Waals surface area contributed by atoms with Gasteiger partial charge in [-0.05, 0) is 42.9 Å². The van der Waals surface area contributed by atoms with Crippen LogP contribution in [0.15, 0.2) is 18.2 Å². The fraction of sp³-hybridized carbons (Fsp3) is 0.571. The third-order valence-electron chi connectivity index (χ3n) is 3.00. The molecule has 0 aliphatic heterocycles. The Morgan fingerprint density at radius 3 is 2.27 bits per heavy atom. The highest BCUT2D eigenvalue weighted by atomic mass is 16.5. The number of hydrogen-bond donors (Lipinski definition) is 0. The average Bonchev–Trinajstić information content (AvgIpc) is 2.19. The lowest BCUT2D eigenvalue weighted by atomic mass is 9.80. The molecule has 0 spiro atoms. The van der Waals surface area contributed by atoms with Crippen molar-refractivity contribution < 1.29 is 4.74 Å². The van der Waals surface area contributed by atoms with Gasteiger partial charge in [0.2, 0.25) is 0 Å². The summed E-state index contributed by atoms with van der Waals surface area (Å²) in [5, 5.41) is 0. The number of hydrogen-bond acceptors (Lipinski definition) is 1. The standard InChI is InChI=1S/C12H16O.C2H6/c1-9-8-11(10-4-3-5-10)6-7-12(9)13-2;1-2/h6-8,10H,3-5H2,1-2H3;1-2H3. The van der Waals surface area contributed by atoms with E-state index in [2.05, 4.69) is 25.1 Å². The molecular formula is C14H22O. The first-order valence-corrected chi connectivity index (χ1v) is 5.96. The molecule has 0 N–H and O–H groups in total. The smallest absolute Gasteiger partial charge is 0.121 e. The molecule has 1 aromatic carbocycles.